The highest BCUT2D eigenvalue weighted by Gasteiger charge is 2.36. The first kappa shape index (κ1) is 18.3. The smallest absolute Gasteiger partial charge is 0.226 e. The van der Waals surface area contributed by atoms with Crippen LogP contribution in [0, 0.1) is 6.92 Å². The quantitative estimate of drug-likeness (QED) is 0.673. The highest BCUT2D eigenvalue weighted by Crippen LogP contribution is 2.38. The van der Waals surface area contributed by atoms with E-state index in [-0.39, 0.29) is 18.1 Å². The number of Topliss-reactive ketones (excluding diaryl/α,β-unsaturated/α-hetero) is 1. The predicted octanol–water partition coefficient (Wildman–Crippen LogP) is 4.15. The fourth-order valence-electron chi connectivity index (χ4n) is 3.54. The molecule has 0 saturated heterocycles. The fraction of sp³-hybridized carbons (Fsp3) is 0.190. The van der Waals surface area contributed by atoms with Crippen LogP contribution in [0.3, 0.4) is 0 Å². The molecule has 142 valence electrons. The predicted molar refractivity (Wildman–Crippen MR) is 107 cm³/mol. The lowest BCUT2D eigenvalue weighted by atomic mass is 9.85. The summed E-state index contributed by atoms with van der Waals surface area (Å²) in [5.41, 5.74) is 2.63. The Morgan fingerprint density at radius 1 is 1.25 bits per heavy atom. The Morgan fingerprint density at radius 2 is 2.04 bits per heavy atom. The second-order valence-electron chi connectivity index (χ2n) is 6.64. The summed E-state index contributed by atoms with van der Waals surface area (Å²) >= 11 is 6.11. The molecule has 2 heterocycles. The van der Waals surface area contributed by atoms with Crippen LogP contribution in [-0.4, -0.2) is 28.6 Å². The van der Waals surface area contributed by atoms with E-state index in [0.717, 1.165) is 5.56 Å². The van der Waals surface area contributed by atoms with Crippen molar-refractivity contribution in [2.45, 2.75) is 19.3 Å². The molecule has 0 aliphatic carbocycles. The molecule has 4 rings (SSSR count). The molecule has 28 heavy (non-hydrogen) atoms. The molecule has 1 amide bonds. The third kappa shape index (κ3) is 3.16. The first-order chi connectivity index (χ1) is 13.5. The third-order valence-corrected chi connectivity index (χ3v) is 5.06. The number of benzene rings is 2. The molecule has 0 spiro atoms. The van der Waals surface area contributed by atoms with Gasteiger partial charge in [0, 0.05) is 22.6 Å². The van der Waals surface area contributed by atoms with Crippen LogP contribution in [0.1, 0.15) is 34.0 Å². The molecule has 1 aliphatic rings. The van der Waals surface area contributed by atoms with Crippen LogP contribution < -0.4 is 10.1 Å². The topological polar surface area (TPSA) is 73.2 Å². The van der Waals surface area contributed by atoms with Crippen LogP contribution in [0.4, 0.5) is 5.82 Å². The molecule has 1 atom stereocenters. The number of aryl methyl sites for hydroxylation is 1. The number of methoxy groups -OCH3 is 1. The van der Waals surface area contributed by atoms with Gasteiger partial charge in [-0.15, -0.1) is 0 Å². The summed E-state index contributed by atoms with van der Waals surface area (Å²) in [5.74, 6) is 0.138. The summed E-state index contributed by atoms with van der Waals surface area (Å²) < 4.78 is 6.84. The molecular weight excluding hydrogens is 378 g/mol. The third-order valence-electron chi connectivity index (χ3n) is 4.83. The Bertz CT molecular complexity index is 1090. The molecule has 1 aromatic heterocycles. The summed E-state index contributed by atoms with van der Waals surface area (Å²) in [7, 11) is 1.55. The van der Waals surface area contributed by atoms with Gasteiger partial charge in [0.2, 0.25) is 5.91 Å². The van der Waals surface area contributed by atoms with Crippen LogP contribution in [0.15, 0.2) is 48.5 Å². The van der Waals surface area contributed by atoms with Gasteiger partial charge in [-0.2, -0.15) is 5.10 Å². The van der Waals surface area contributed by atoms with Gasteiger partial charge < -0.3 is 10.1 Å². The van der Waals surface area contributed by atoms with Crippen LogP contribution in [0.2, 0.25) is 5.02 Å². The first-order valence-corrected chi connectivity index (χ1v) is 9.19. The van der Waals surface area contributed by atoms with Gasteiger partial charge in [0.1, 0.15) is 11.6 Å². The summed E-state index contributed by atoms with van der Waals surface area (Å²) in [6.07, 6.45) is 0.0745. The molecule has 0 radical (unpaired) electrons. The molecule has 7 heteroatoms. The number of nitrogens with one attached hydrogen (secondary N) is 1. The number of ether oxygens (including phenoxy) is 1. The van der Waals surface area contributed by atoms with Crippen molar-refractivity contribution >= 4 is 29.1 Å². The van der Waals surface area contributed by atoms with E-state index in [4.69, 9.17) is 16.3 Å². The second-order valence-corrected chi connectivity index (χ2v) is 7.08. The summed E-state index contributed by atoms with van der Waals surface area (Å²) in [6, 6.07) is 14.1. The molecule has 3 aromatic rings. The van der Waals surface area contributed by atoms with Crippen molar-refractivity contribution in [3.8, 4) is 11.4 Å². The van der Waals surface area contributed by atoms with E-state index in [1.165, 1.54) is 0 Å². The highest BCUT2D eigenvalue weighted by molar-refractivity contribution is 6.30. The number of halogens is 1. The summed E-state index contributed by atoms with van der Waals surface area (Å²) in [4.78, 5) is 25.6. The van der Waals surface area contributed by atoms with Crippen LogP contribution in [-0.2, 0) is 4.79 Å². The maximum absolute atomic E-state index is 13.2. The second kappa shape index (κ2) is 7.13. The van der Waals surface area contributed by atoms with Crippen molar-refractivity contribution in [1.82, 2.24) is 9.78 Å². The van der Waals surface area contributed by atoms with Gasteiger partial charge in [-0.3, -0.25) is 9.59 Å². The van der Waals surface area contributed by atoms with E-state index >= 15 is 0 Å². The molecule has 0 bridgehead atoms. The van der Waals surface area contributed by atoms with Gasteiger partial charge in [-0.1, -0.05) is 29.8 Å². The Labute approximate surface area is 167 Å². The van der Waals surface area contributed by atoms with Crippen molar-refractivity contribution in [1.29, 1.82) is 0 Å². The van der Waals surface area contributed by atoms with Gasteiger partial charge in [-0.05, 0) is 37.3 Å². The minimum absolute atomic E-state index is 0.0745. The Hall–Kier alpha value is -3.12. The standard InChI is InChI=1S/C21H18ClN3O3/c1-12-19-17(20(27)13-5-3-8-16(9-13)28-2)11-18(26)23-21(19)25(24-12)15-7-4-6-14(22)10-15/h3-10,17H,11H2,1-2H3,(H,23,26). The molecule has 1 aliphatic heterocycles. The van der Waals surface area contributed by atoms with Crippen LogP contribution >= 0.6 is 11.6 Å². The molecular formula is C21H18ClN3O3. The number of carbonyl (C=O) groups is 2. The van der Waals surface area contributed by atoms with E-state index < -0.39 is 5.92 Å². The average Bonchev–Trinajstić information content (AvgIpc) is 3.03. The monoisotopic (exact) mass is 395 g/mol. The number of aromatic nitrogens is 2. The van der Waals surface area contributed by atoms with Gasteiger partial charge in [0.05, 0.1) is 24.4 Å². The molecule has 0 saturated carbocycles. The Kier molecular flexibility index (Phi) is 4.65. The summed E-state index contributed by atoms with van der Waals surface area (Å²) in [5, 5.41) is 7.99. The Morgan fingerprint density at radius 3 is 2.79 bits per heavy atom. The maximum atomic E-state index is 13.2. The fourth-order valence-corrected chi connectivity index (χ4v) is 3.73. The molecule has 2 aromatic carbocycles. The van der Waals surface area contributed by atoms with Crippen molar-refractivity contribution in [2.24, 2.45) is 0 Å². The number of ketones is 1. The zero-order valence-electron chi connectivity index (χ0n) is 15.4. The van der Waals surface area contributed by atoms with Crippen LogP contribution in [0.5, 0.6) is 5.75 Å². The number of amides is 1. The minimum Gasteiger partial charge on any atom is -0.497 e. The van der Waals surface area contributed by atoms with E-state index in [2.05, 4.69) is 10.4 Å². The molecule has 1 unspecified atom stereocenters. The average molecular weight is 396 g/mol. The summed E-state index contributed by atoms with van der Waals surface area (Å²) in [6.45, 7) is 1.84. The molecule has 1 N–H and O–H groups in total. The first-order valence-electron chi connectivity index (χ1n) is 8.81. The zero-order chi connectivity index (χ0) is 19.8. The van der Waals surface area contributed by atoms with Gasteiger partial charge in [0.25, 0.3) is 0 Å². The molecule has 0 fully saturated rings. The largest absolute Gasteiger partial charge is 0.497 e. The van der Waals surface area contributed by atoms with E-state index in [0.29, 0.717) is 33.5 Å². The lowest BCUT2D eigenvalue weighted by molar-refractivity contribution is -0.116. The number of hydrogen-bond acceptors (Lipinski definition) is 4. The number of anilines is 1. The highest BCUT2D eigenvalue weighted by atomic mass is 35.5. The number of hydrogen-bond donors (Lipinski definition) is 1. The van der Waals surface area contributed by atoms with Gasteiger partial charge in [0.15, 0.2) is 5.78 Å². The normalized spacial score (nSPS) is 15.7. The van der Waals surface area contributed by atoms with Crippen molar-refractivity contribution in [2.75, 3.05) is 12.4 Å². The number of fused-ring (bicyclic) bond motifs is 1. The minimum atomic E-state index is -0.608. The van der Waals surface area contributed by atoms with E-state index in [9.17, 15) is 9.59 Å². The lowest BCUT2D eigenvalue weighted by Gasteiger charge is -2.23. The van der Waals surface area contributed by atoms with E-state index in [1.54, 1.807) is 48.2 Å². The lowest BCUT2D eigenvalue weighted by Crippen LogP contribution is -2.28. The SMILES string of the molecule is COc1cccc(C(=O)C2CC(=O)Nc3c2c(C)nn3-c2cccc(Cl)c2)c1. The van der Waals surface area contributed by atoms with E-state index in [1.807, 2.05) is 19.1 Å². The van der Waals surface area contributed by atoms with Crippen molar-refractivity contribution in [3.05, 3.63) is 70.4 Å². The molecule has 6 nitrogen and oxygen atoms in total. The Balaban J connectivity index is 1.81. The number of nitrogens with zero attached hydrogens (tertiary/aromatic N) is 2. The van der Waals surface area contributed by atoms with Crippen molar-refractivity contribution in [3.63, 3.8) is 0 Å². The van der Waals surface area contributed by atoms with Crippen molar-refractivity contribution < 1.29 is 14.3 Å². The number of rotatable bonds is 4. The number of carbonyl (C=O) groups excluding carboxylic acids is 2. The zero-order valence-corrected chi connectivity index (χ0v) is 16.2. The van der Waals surface area contributed by atoms with Crippen LogP contribution in [0.25, 0.3) is 5.69 Å². The van der Waals surface area contributed by atoms with Gasteiger partial charge >= 0.3 is 0 Å². The van der Waals surface area contributed by atoms with Gasteiger partial charge in [-0.25, -0.2) is 4.68 Å². The maximum Gasteiger partial charge on any atom is 0.226 e.